The van der Waals surface area contributed by atoms with Crippen LogP contribution in [-0.4, -0.2) is 14.3 Å². The van der Waals surface area contributed by atoms with E-state index in [9.17, 15) is 13.2 Å². The Morgan fingerprint density at radius 2 is 1.78 bits per heavy atom. The van der Waals surface area contributed by atoms with E-state index in [-0.39, 0.29) is 4.90 Å². The molecule has 0 aliphatic carbocycles. The van der Waals surface area contributed by atoms with Crippen LogP contribution in [0.15, 0.2) is 60.0 Å². The maximum atomic E-state index is 12.0. The largest absolute Gasteiger partial charge is 0.269 e. The number of amides is 1. The van der Waals surface area contributed by atoms with Crippen LogP contribution in [0.4, 0.5) is 0 Å². The van der Waals surface area contributed by atoms with Gasteiger partial charge in [0.2, 0.25) is 0 Å². The first-order valence-electron chi connectivity index (χ1n) is 5.21. The molecule has 0 aliphatic heterocycles. The fraction of sp³-hybridized carbons (Fsp3) is 0. The van der Waals surface area contributed by atoms with Crippen LogP contribution < -0.4 is 4.72 Å². The number of sulfonamides is 1. The van der Waals surface area contributed by atoms with E-state index in [1.807, 2.05) is 22.9 Å². The van der Waals surface area contributed by atoms with Crippen LogP contribution in [0, 0.1) is 0 Å². The molecule has 0 saturated carbocycles. The van der Waals surface area contributed by atoms with Crippen LogP contribution in [0.1, 0.15) is 0 Å². The highest BCUT2D eigenvalue weighted by molar-refractivity contribution is 7.90. The van der Waals surface area contributed by atoms with Crippen molar-refractivity contribution in [2.24, 2.45) is 0 Å². The number of carbonyl (C=O) groups is 1. The van der Waals surface area contributed by atoms with Crippen LogP contribution >= 0.6 is 0 Å². The standard InChI is InChI=1S/C13H11NO3S/c1-2-13(15)14-18(16,17)12-9-5-7-10-6-3-4-8-11(10)12/h2-9H,1H2,(H,14,15). The SMILES string of the molecule is C=CC(=O)NS(=O)(=O)c1cccc2ccccc12. The maximum Gasteiger partial charge on any atom is 0.264 e. The fourth-order valence-corrected chi connectivity index (χ4v) is 2.85. The Kier molecular flexibility index (Phi) is 3.16. The van der Waals surface area contributed by atoms with E-state index >= 15 is 0 Å². The molecule has 0 saturated heterocycles. The molecular weight excluding hydrogens is 250 g/mol. The molecule has 4 nitrogen and oxygen atoms in total. The highest BCUT2D eigenvalue weighted by Crippen LogP contribution is 2.22. The molecule has 0 atom stereocenters. The number of rotatable bonds is 3. The van der Waals surface area contributed by atoms with Gasteiger partial charge in [-0.2, -0.15) is 0 Å². The summed E-state index contributed by atoms with van der Waals surface area (Å²) in [5, 5.41) is 1.37. The monoisotopic (exact) mass is 261 g/mol. The van der Waals surface area contributed by atoms with E-state index in [1.54, 1.807) is 18.2 Å². The highest BCUT2D eigenvalue weighted by atomic mass is 32.2. The number of fused-ring (bicyclic) bond motifs is 1. The van der Waals surface area contributed by atoms with Crippen LogP contribution in [0.25, 0.3) is 10.8 Å². The minimum Gasteiger partial charge on any atom is -0.269 e. The van der Waals surface area contributed by atoms with Gasteiger partial charge in [0.15, 0.2) is 0 Å². The minimum atomic E-state index is -3.87. The van der Waals surface area contributed by atoms with Gasteiger partial charge in [-0.1, -0.05) is 43.0 Å². The summed E-state index contributed by atoms with van der Waals surface area (Å²) in [5.74, 6) is -0.747. The summed E-state index contributed by atoms with van der Waals surface area (Å²) in [6.45, 7) is 3.22. The van der Waals surface area contributed by atoms with E-state index in [1.165, 1.54) is 6.07 Å². The van der Waals surface area contributed by atoms with Crippen molar-refractivity contribution in [3.05, 3.63) is 55.1 Å². The third-order valence-corrected chi connectivity index (χ3v) is 3.86. The lowest BCUT2D eigenvalue weighted by Crippen LogP contribution is -2.28. The zero-order valence-electron chi connectivity index (χ0n) is 9.46. The number of carbonyl (C=O) groups excluding carboxylic acids is 1. The Morgan fingerprint density at radius 1 is 1.11 bits per heavy atom. The van der Waals surface area contributed by atoms with Crippen LogP contribution in [0.5, 0.6) is 0 Å². The zero-order chi connectivity index (χ0) is 13.2. The average molecular weight is 261 g/mol. The molecule has 0 unspecified atom stereocenters. The lowest BCUT2D eigenvalue weighted by Gasteiger charge is -2.08. The van der Waals surface area contributed by atoms with E-state index < -0.39 is 15.9 Å². The molecule has 2 rings (SSSR count). The Labute approximate surface area is 105 Å². The fourth-order valence-electron chi connectivity index (χ4n) is 1.66. The molecule has 92 valence electrons. The first kappa shape index (κ1) is 12.3. The van der Waals surface area contributed by atoms with Gasteiger partial charge in [-0.25, -0.2) is 13.1 Å². The van der Waals surface area contributed by atoms with Gasteiger partial charge in [-0.3, -0.25) is 4.79 Å². The number of benzene rings is 2. The van der Waals surface area contributed by atoms with Crippen molar-refractivity contribution >= 4 is 26.7 Å². The molecule has 0 radical (unpaired) electrons. The van der Waals surface area contributed by atoms with Crippen molar-refractivity contribution in [1.29, 1.82) is 0 Å². The van der Waals surface area contributed by atoms with Gasteiger partial charge in [-0.15, -0.1) is 0 Å². The predicted molar refractivity (Wildman–Crippen MR) is 69.5 cm³/mol. The number of hydrogen-bond acceptors (Lipinski definition) is 3. The van der Waals surface area contributed by atoms with Crippen molar-refractivity contribution in [2.45, 2.75) is 4.90 Å². The molecule has 2 aromatic carbocycles. The first-order chi connectivity index (χ1) is 8.54. The summed E-state index contributed by atoms with van der Waals surface area (Å²) in [7, 11) is -3.87. The summed E-state index contributed by atoms with van der Waals surface area (Å²) < 4.78 is 26.0. The smallest absolute Gasteiger partial charge is 0.264 e. The maximum absolute atomic E-state index is 12.0. The Morgan fingerprint density at radius 3 is 2.50 bits per heavy atom. The van der Waals surface area contributed by atoms with Crippen molar-refractivity contribution < 1.29 is 13.2 Å². The summed E-state index contributed by atoms with van der Waals surface area (Å²) in [5.41, 5.74) is 0. The summed E-state index contributed by atoms with van der Waals surface area (Å²) in [4.78, 5) is 11.2. The molecule has 0 aromatic heterocycles. The third-order valence-electron chi connectivity index (χ3n) is 2.46. The molecule has 1 amide bonds. The van der Waals surface area contributed by atoms with Crippen LogP contribution in [0.2, 0.25) is 0 Å². The van der Waals surface area contributed by atoms with E-state index in [0.29, 0.717) is 5.39 Å². The molecule has 1 N–H and O–H groups in total. The number of hydrogen-bond donors (Lipinski definition) is 1. The average Bonchev–Trinajstić information content (AvgIpc) is 2.37. The quantitative estimate of drug-likeness (QED) is 0.857. The van der Waals surface area contributed by atoms with Gasteiger partial charge >= 0.3 is 0 Å². The van der Waals surface area contributed by atoms with Gasteiger partial charge in [0.05, 0.1) is 4.90 Å². The van der Waals surface area contributed by atoms with Crippen molar-refractivity contribution in [3.63, 3.8) is 0 Å². The zero-order valence-corrected chi connectivity index (χ0v) is 10.3. The molecule has 0 aliphatic rings. The molecular formula is C13H11NO3S. The topological polar surface area (TPSA) is 63.2 Å². The van der Waals surface area contributed by atoms with Gasteiger partial charge < -0.3 is 0 Å². The Balaban J connectivity index is 2.61. The van der Waals surface area contributed by atoms with Gasteiger partial charge in [0.25, 0.3) is 15.9 Å². The second kappa shape index (κ2) is 4.62. The number of nitrogens with one attached hydrogen (secondary N) is 1. The first-order valence-corrected chi connectivity index (χ1v) is 6.70. The molecule has 0 fully saturated rings. The van der Waals surface area contributed by atoms with Gasteiger partial charge in [0.1, 0.15) is 0 Å². The molecule has 0 heterocycles. The Bertz CT molecular complexity index is 715. The summed E-state index contributed by atoms with van der Waals surface area (Å²) >= 11 is 0. The van der Waals surface area contributed by atoms with Crippen molar-refractivity contribution in [2.75, 3.05) is 0 Å². The van der Waals surface area contributed by atoms with Crippen molar-refractivity contribution in [1.82, 2.24) is 4.72 Å². The molecule has 18 heavy (non-hydrogen) atoms. The minimum absolute atomic E-state index is 0.0794. The Hall–Kier alpha value is -2.14. The second-order valence-electron chi connectivity index (χ2n) is 3.65. The van der Waals surface area contributed by atoms with Crippen LogP contribution in [-0.2, 0) is 14.8 Å². The van der Waals surface area contributed by atoms with Gasteiger partial charge in [-0.05, 0) is 17.5 Å². The van der Waals surface area contributed by atoms with E-state index in [0.717, 1.165) is 11.5 Å². The lowest BCUT2D eigenvalue weighted by molar-refractivity contribution is -0.114. The summed E-state index contributed by atoms with van der Waals surface area (Å²) in [6.07, 6.45) is 0.919. The second-order valence-corrected chi connectivity index (χ2v) is 5.30. The predicted octanol–water partition coefficient (Wildman–Crippen LogP) is 1.83. The molecule has 5 heteroatoms. The summed E-state index contributed by atoms with van der Waals surface area (Å²) in [6, 6.07) is 12.0. The van der Waals surface area contributed by atoms with E-state index in [2.05, 4.69) is 6.58 Å². The molecule has 0 spiro atoms. The molecule has 2 aromatic rings. The van der Waals surface area contributed by atoms with Crippen molar-refractivity contribution in [3.8, 4) is 0 Å². The third kappa shape index (κ3) is 2.26. The van der Waals surface area contributed by atoms with E-state index in [4.69, 9.17) is 0 Å². The highest BCUT2D eigenvalue weighted by Gasteiger charge is 2.18. The normalized spacial score (nSPS) is 11.1. The van der Waals surface area contributed by atoms with Crippen LogP contribution in [0.3, 0.4) is 0 Å². The molecule has 0 bridgehead atoms. The lowest BCUT2D eigenvalue weighted by atomic mass is 10.1. The van der Waals surface area contributed by atoms with Gasteiger partial charge in [0, 0.05) is 5.39 Å².